The van der Waals surface area contributed by atoms with Crippen LogP contribution < -0.4 is 5.32 Å². The molecule has 0 radical (unpaired) electrons. The first-order valence-corrected chi connectivity index (χ1v) is 4.16. The van der Waals surface area contributed by atoms with Crippen LogP contribution in [0, 0.1) is 11.3 Å². The van der Waals surface area contributed by atoms with E-state index in [1.54, 1.807) is 11.8 Å². The zero-order valence-corrected chi connectivity index (χ0v) is 6.42. The van der Waals surface area contributed by atoms with Crippen LogP contribution in [0.5, 0.6) is 0 Å². The number of nitrogens with one attached hydrogen (secondary N) is 2. The van der Waals surface area contributed by atoms with Crippen LogP contribution in [0.15, 0.2) is 0 Å². The maximum absolute atomic E-state index is 7.29. The van der Waals surface area contributed by atoms with Gasteiger partial charge >= 0.3 is 0 Å². The summed E-state index contributed by atoms with van der Waals surface area (Å²) in [5.74, 6) is 1.85. The Balaban J connectivity index is 2.22. The number of rotatable bonds is 2. The molecule has 52 valence electrons. The van der Waals surface area contributed by atoms with Gasteiger partial charge in [0.2, 0.25) is 0 Å². The van der Waals surface area contributed by atoms with E-state index in [4.69, 9.17) is 5.41 Å². The maximum atomic E-state index is 7.29. The second kappa shape index (κ2) is 3.22. The first kappa shape index (κ1) is 7.09. The fourth-order valence-electron chi connectivity index (χ4n) is 1.02. The van der Waals surface area contributed by atoms with Gasteiger partial charge in [-0.1, -0.05) is 0 Å². The normalized spacial score (nSPS) is 27.2. The van der Waals surface area contributed by atoms with Gasteiger partial charge < -0.3 is 5.32 Å². The highest BCUT2D eigenvalue weighted by Crippen LogP contribution is 2.24. The Hall–Kier alpha value is -0.0200. The van der Waals surface area contributed by atoms with Gasteiger partial charge in [0.15, 0.2) is 0 Å². The average molecular weight is 144 g/mol. The Morgan fingerprint density at radius 3 is 3.11 bits per heavy atom. The van der Waals surface area contributed by atoms with E-state index in [1.165, 1.54) is 0 Å². The van der Waals surface area contributed by atoms with Gasteiger partial charge in [-0.25, -0.2) is 0 Å². The molecule has 0 saturated carbocycles. The Kier molecular flexibility index (Phi) is 2.54. The van der Waals surface area contributed by atoms with Crippen molar-refractivity contribution in [2.75, 3.05) is 19.3 Å². The van der Waals surface area contributed by atoms with E-state index in [2.05, 4.69) is 5.32 Å². The van der Waals surface area contributed by atoms with Gasteiger partial charge in [0.05, 0.1) is 5.04 Å². The molecule has 2 nitrogen and oxygen atoms in total. The van der Waals surface area contributed by atoms with Crippen molar-refractivity contribution in [3.05, 3.63) is 0 Å². The second-order valence-electron chi connectivity index (χ2n) is 2.36. The van der Waals surface area contributed by atoms with Crippen molar-refractivity contribution in [2.24, 2.45) is 5.92 Å². The molecule has 0 aromatic carbocycles. The van der Waals surface area contributed by atoms with Gasteiger partial charge in [0.1, 0.15) is 0 Å². The third kappa shape index (κ3) is 1.99. The lowest BCUT2D eigenvalue weighted by Gasteiger charge is -2.03. The molecule has 0 aliphatic carbocycles. The van der Waals surface area contributed by atoms with E-state index >= 15 is 0 Å². The molecule has 9 heavy (non-hydrogen) atoms. The predicted molar refractivity (Wildman–Crippen MR) is 42.2 cm³/mol. The molecule has 0 aromatic rings. The fourth-order valence-corrected chi connectivity index (χ4v) is 2.04. The minimum atomic E-state index is 0.715. The highest BCUT2D eigenvalue weighted by molar-refractivity contribution is 8.14. The highest BCUT2D eigenvalue weighted by atomic mass is 32.2. The lowest BCUT2D eigenvalue weighted by Crippen LogP contribution is -2.18. The zero-order valence-electron chi connectivity index (χ0n) is 5.61. The van der Waals surface area contributed by atoms with E-state index < -0.39 is 0 Å². The van der Waals surface area contributed by atoms with Gasteiger partial charge in [-0.15, -0.1) is 11.8 Å². The summed E-state index contributed by atoms with van der Waals surface area (Å²) >= 11 is 1.69. The molecular weight excluding hydrogens is 132 g/mol. The first-order valence-electron chi connectivity index (χ1n) is 3.17. The monoisotopic (exact) mass is 144 g/mol. The molecule has 0 aromatic heterocycles. The molecule has 3 heteroatoms. The number of hydrogen-bond acceptors (Lipinski definition) is 3. The van der Waals surface area contributed by atoms with Gasteiger partial charge in [-0.3, -0.25) is 5.41 Å². The van der Waals surface area contributed by atoms with Crippen LogP contribution in [0.2, 0.25) is 0 Å². The summed E-state index contributed by atoms with van der Waals surface area (Å²) in [5, 5.41) is 11.3. The molecule has 0 amide bonds. The van der Waals surface area contributed by atoms with Gasteiger partial charge in [-0.2, -0.15) is 0 Å². The van der Waals surface area contributed by atoms with Crippen molar-refractivity contribution < 1.29 is 0 Å². The molecule has 0 bridgehead atoms. The Morgan fingerprint density at radius 1 is 1.89 bits per heavy atom. The fraction of sp³-hybridized carbons (Fsp3) is 0.833. The van der Waals surface area contributed by atoms with Crippen LogP contribution in [-0.2, 0) is 0 Å². The van der Waals surface area contributed by atoms with Crippen LogP contribution in [-0.4, -0.2) is 24.4 Å². The summed E-state index contributed by atoms with van der Waals surface area (Å²) in [6.07, 6.45) is 0.992. The maximum Gasteiger partial charge on any atom is 0.0645 e. The van der Waals surface area contributed by atoms with E-state index in [-0.39, 0.29) is 0 Å². The van der Waals surface area contributed by atoms with Gasteiger partial charge in [0.25, 0.3) is 0 Å². The lowest BCUT2D eigenvalue weighted by molar-refractivity contribution is 0.583. The molecule has 1 fully saturated rings. The van der Waals surface area contributed by atoms with Crippen LogP contribution in [0.25, 0.3) is 0 Å². The molecule has 1 unspecified atom stereocenters. The molecule has 1 rings (SSSR count). The van der Waals surface area contributed by atoms with Gasteiger partial charge in [-0.05, 0) is 25.9 Å². The summed E-state index contributed by atoms with van der Waals surface area (Å²) in [5.41, 5.74) is 0. The van der Waals surface area contributed by atoms with Crippen LogP contribution in [0.1, 0.15) is 6.42 Å². The summed E-state index contributed by atoms with van der Waals surface area (Å²) in [6.45, 7) is 1.06. The van der Waals surface area contributed by atoms with Gasteiger partial charge in [0, 0.05) is 5.75 Å². The second-order valence-corrected chi connectivity index (χ2v) is 3.48. The minimum absolute atomic E-state index is 0.715. The van der Waals surface area contributed by atoms with E-state index in [0.29, 0.717) is 5.92 Å². The molecule has 0 spiro atoms. The van der Waals surface area contributed by atoms with Crippen LogP contribution in [0.4, 0.5) is 0 Å². The topological polar surface area (TPSA) is 35.9 Å². The SMILES string of the molecule is CNCC1CSC(=N)C1. The average Bonchev–Trinajstić information content (AvgIpc) is 2.17. The Labute approximate surface area is 59.9 Å². The molecule has 1 atom stereocenters. The van der Waals surface area contributed by atoms with Crippen molar-refractivity contribution in [2.45, 2.75) is 6.42 Å². The standard InChI is InChI=1S/C6H12N2S/c1-8-3-5-2-6(7)9-4-5/h5,7-8H,2-4H2,1H3. The van der Waals surface area contributed by atoms with Crippen LogP contribution >= 0.6 is 11.8 Å². The van der Waals surface area contributed by atoms with Crippen molar-refractivity contribution in [1.29, 1.82) is 5.41 Å². The van der Waals surface area contributed by atoms with Crippen LogP contribution in [0.3, 0.4) is 0 Å². The first-order chi connectivity index (χ1) is 4.33. The largest absolute Gasteiger partial charge is 0.319 e. The summed E-state index contributed by atoms with van der Waals surface area (Å²) in [6, 6.07) is 0. The summed E-state index contributed by atoms with van der Waals surface area (Å²) in [4.78, 5) is 0. The Morgan fingerprint density at radius 2 is 2.67 bits per heavy atom. The molecule has 1 aliphatic rings. The molecule has 1 heterocycles. The molecule has 1 saturated heterocycles. The van der Waals surface area contributed by atoms with Crippen molar-refractivity contribution >= 4 is 16.8 Å². The smallest absolute Gasteiger partial charge is 0.0645 e. The quantitative estimate of drug-likeness (QED) is 0.605. The Bertz CT molecular complexity index is 114. The van der Waals surface area contributed by atoms with E-state index in [9.17, 15) is 0 Å². The number of thioether (sulfide) groups is 1. The lowest BCUT2D eigenvalue weighted by atomic mass is 10.1. The van der Waals surface area contributed by atoms with Crippen molar-refractivity contribution in [3.63, 3.8) is 0 Å². The third-order valence-electron chi connectivity index (χ3n) is 1.46. The zero-order chi connectivity index (χ0) is 6.69. The van der Waals surface area contributed by atoms with Crippen molar-refractivity contribution in [1.82, 2.24) is 5.32 Å². The van der Waals surface area contributed by atoms with E-state index in [0.717, 1.165) is 23.8 Å². The summed E-state index contributed by atoms with van der Waals surface area (Å²) in [7, 11) is 1.96. The summed E-state index contributed by atoms with van der Waals surface area (Å²) < 4.78 is 0. The highest BCUT2D eigenvalue weighted by Gasteiger charge is 2.18. The minimum Gasteiger partial charge on any atom is -0.319 e. The number of hydrogen-bond donors (Lipinski definition) is 2. The van der Waals surface area contributed by atoms with E-state index in [1.807, 2.05) is 7.05 Å². The van der Waals surface area contributed by atoms with Crippen molar-refractivity contribution in [3.8, 4) is 0 Å². The third-order valence-corrected chi connectivity index (χ3v) is 2.61. The molecule has 1 aliphatic heterocycles. The molecule has 2 N–H and O–H groups in total. The predicted octanol–water partition coefficient (Wildman–Crippen LogP) is 0.936. The molecular formula is C6H12N2S.